The second-order valence-corrected chi connectivity index (χ2v) is 7.94. The lowest BCUT2D eigenvalue weighted by molar-refractivity contribution is -0.118. The van der Waals surface area contributed by atoms with Gasteiger partial charge in [-0.05, 0) is 42.9 Å². The van der Waals surface area contributed by atoms with Crippen LogP contribution in [0.1, 0.15) is 41.1 Å². The van der Waals surface area contributed by atoms with Crippen LogP contribution in [-0.2, 0) is 30.6 Å². The Morgan fingerprint density at radius 3 is 2.89 bits per heavy atom. The van der Waals surface area contributed by atoms with E-state index in [0.717, 1.165) is 29.7 Å². The number of amides is 1. The fraction of sp³-hybridized carbons (Fsp3) is 0.350. The van der Waals surface area contributed by atoms with Crippen molar-refractivity contribution in [3.63, 3.8) is 0 Å². The number of nitrogens with two attached hydrogens (primary N) is 1. The Morgan fingerprint density at radius 2 is 2.11 bits per heavy atom. The third-order valence-corrected chi connectivity index (χ3v) is 6.20. The van der Waals surface area contributed by atoms with E-state index in [1.807, 2.05) is 0 Å². The van der Waals surface area contributed by atoms with E-state index in [4.69, 9.17) is 10.7 Å². The van der Waals surface area contributed by atoms with Gasteiger partial charge in [0.25, 0.3) is 5.56 Å². The maximum atomic E-state index is 14.1. The zero-order valence-electron chi connectivity index (χ0n) is 14.8. The molecular weight excluding hydrogens is 365 g/mol. The summed E-state index contributed by atoms with van der Waals surface area (Å²) >= 11 is 1.57. The van der Waals surface area contributed by atoms with Gasteiger partial charge in [-0.3, -0.25) is 14.2 Å². The molecule has 1 aromatic carbocycles. The lowest BCUT2D eigenvalue weighted by atomic mass is 10.1. The average Bonchev–Trinajstić information content (AvgIpc) is 3.20. The van der Waals surface area contributed by atoms with Crippen molar-refractivity contribution < 1.29 is 9.18 Å². The quantitative estimate of drug-likeness (QED) is 0.709. The van der Waals surface area contributed by atoms with Crippen LogP contribution in [0.25, 0.3) is 10.2 Å². The molecule has 0 atom stereocenters. The summed E-state index contributed by atoms with van der Waals surface area (Å²) < 4.78 is 15.7. The number of carbonyl (C=O) groups is 1. The molecule has 0 radical (unpaired) electrons. The van der Waals surface area contributed by atoms with Crippen molar-refractivity contribution in [3.8, 4) is 0 Å². The summed E-state index contributed by atoms with van der Waals surface area (Å²) in [6.07, 6.45) is 3.84. The van der Waals surface area contributed by atoms with Crippen LogP contribution in [0.2, 0.25) is 0 Å². The van der Waals surface area contributed by atoms with Gasteiger partial charge >= 0.3 is 0 Å². The van der Waals surface area contributed by atoms with Crippen LogP contribution in [0.5, 0.6) is 0 Å². The van der Waals surface area contributed by atoms with Gasteiger partial charge in [-0.1, -0.05) is 18.2 Å². The van der Waals surface area contributed by atoms with Crippen LogP contribution in [0, 0.1) is 5.82 Å². The molecule has 0 spiro atoms. The molecule has 0 aliphatic heterocycles. The largest absolute Gasteiger partial charge is 0.370 e. The smallest absolute Gasteiger partial charge is 0.262 e. The molecule has 1 aliphatic rings. The average molecular weight is 385 g/mol. The maximum Gasteiger partial charge on any atom is 0.262 e. The molecule has 5 nitrogen and oxygen atoms in total. The van der Waals surface area contributed by atoms with Gasteiger partial charge in [0.2, 0.25) is 5.91 Å². The second-order valence-electron chi connectivity index (χ2n) is 6.86. The number of hydrogen-bond donors (Lipinski definition) is 1. The maximum absolute atomic E-state index is 14.1. The van der Waals surface area contributed by atoms with Crippen LogP contribution >= 0.6 is 11.3 Å². The first-order valence-electron chi connectivity index (χ1n) is 9.10. The summed E-state index contributed by atoms with van der Waals surface area (Å²) in [5.74, 6) is -0.185. The topological polar surface area (TPSA) is 78.0 Å². The van der Waals surface area contributed by atoms with Gasteiger partial charge in [-0.25, -0.2) is 9.37 Å². The molecule has 0 saturated carbocycles. The van der Waals surface area contributed by atoms with Gasteiger partial charge in [0.1, 0.15) is 16.5 Å². The number of benzene rings is 1. The number of rotatable bonds is 6. The summed E-state index contributed by atoms with van der Waals surface area (Å²) in [6.45, 7) is 0.346. The Hall–Kier alpha value is -2.54. The molecule has 0 bridgehead atoms. The van der Waals surface area contributed by atoms with Crippen LogP contribution in [0.15, 0.2) is 29.1 Å². The number of thiophene rings is 1. The molecule has 7 heteroatoms. The highest BCUT2D eigenvalue weighted by molar-refractivity contribution is 7.18. The fourth-order valence-corrected chi connectivity index (χ4v) is 4.98. The Labute approximate surface area is 159 Å². The Balaban J connectivity index is 1.81. The lowest BCUT2D eigenvalue weighted by Crippen LogP contribution is -2.26. The molecule has 140 valence electrons. The van der Waals surface area contributed by atoms with Crippen LogP contribution in [0.3, 0.4) is 0 Å². The summed E-state index contributed by atoms with van der Waals surface area (Å²) in [5.41, 5.74) is 6.76. The van der Waals surface area contributed by atoms with Crippen LogP contribution in [-0.4, -0.2) is 15.5 Å². The van der Waals surface area contributed by atoms with Crippen LogP contribution in [0.4, 0.5) is 4.39 Å². The van der Waals surface area contributed by atoms with Gasteiger partial charge in [-0.15, -0.1) is 11.3 Å². The lowest BCUT2D eigenvalue weighted by Gasteiger charge is -2.13. The molecule has 3 aromatic rings. The Kier molecular flexibility index (Phi) is 4.78. The van der Waals surface area contributed by atoms with E-state index in [-0.39, 0.29) is 24.2 Å². The number of primary amides is 1. The monoisotopic (exact) mass is 385 g/mol. The Morgan fingerprint density at radius 1 is 1.30 bits per heavy atom. The summed E-state index contributed by atoms with van der Waals surface area (Å²) in [7, 11) is 0. The Bertz CT molecular complexity index is 1090. The van der Waals surface area contributed by atoms with Gasteiger partial charge in [0.15, 0.2) is 0 Å². The number of aromatic nitrogens is 2. The predicted molar refractivity (Wildman–Crippen MR) is 104 cm³/mol. The first kappa shape index (κ1) is 17.9. The number of aryl methyl sites for hydroxylation is 2. The van der Waals surface area contributed by atoms with Crippen molar-refractivity contribution in [1.82, 2.24) is 9.55 Å². The number of nitrogens with zero attached hydrogens (tertiary/aromatic N) is 2. The molecule has 27 heavy (non-hydrogen) atoms. The van der Waals surface area contributed by atoms with Crippen molar-refractivity contribution in [2.75, 3.05) is 0 Å². The minimum absolute atomic E-state index is 0.0878. The van der Waals surface area contributed by atoms with Crippen LogP contribution < -0.4 is 11.3 Å². The predicted octanol–water partition coefficient (Wildman–Crippen LogP) is 2.94. The second kappa shape index (κ2) is 7.23. The van der Waals surface area contributed by atoms with E-state index in [1.54, 1.807) is 34.1 Å². The number of fused-ring (bicyclic) bond motifs is 3. The van der Waals surface area contributed by atoms with Crippen molar-refractivity contribution in [2.24, 2.45) is 5.73 Å². The SMILES string of the molecule is NC(=O)CCCn1c(Cc2ccccc2F)nc2sc3c(c2c1=O)CCC3. The van der Waals surface area contributed by atoms with Crippen molar-refractivity contribution in [2.45, 2.75) is 45.1 Å². The fourth-order valence-electron chi connectivity index (χ4n) is 3.71. The molecule has 2 aromatic heterocycles. The number of halogens is 1. The van der Waals surface area contributed by atoms with E-state index in [9.17, 15) is 14.0 Å². The van der Waals surface area contributed by atoms with Crippen molar-refractivity contribution >= 4 is 27.5 Å². The van der Waals surface area contributed by atoms with E-state index in [0.29, 0.717) is 29.7 Å². The highest BCUT2D eigenvalue weighted by Crippen LogP contribution is 2.35. The standard InChI is InChI=1S/C20H20FN3O2S/c21-14-7-2-1-5-12(14)11-17-23-19-18(13-6-3-8-15(13)27-19)20(26)24(17)10-4-9-16(22)25/h1-2,5,7H,3-4,6,8-11H2,(H2,22,25). The molecular formula is C20H20FN3O2S. The van der Waals surface area contributed by atoms with E-state index in [1.165, 1.54) is 10.9 Å². The first-order valence-corrected chi connectivity index (χ1v) is 9.92. The number of hydrogen-bond acceptors (Lipinski definition) is 4. The van der Waals surface area contributed by atoms with E-state index < -0.39 is 5.91 Å². The molecule has 2 N–H and O–H groups in total. The zero-order valence-corrected chi connectivity index (χ0v) is 15.7. The van der Waals surface area contributed by atoms with Gasteiger partial charge in [0, 0.05) is 24.3 Å². The summed E-state index contributed by atoms with van der Waals surface area (Å²) in [4.78, 5) is 31.0. The molecule has 0 unspecified atom stereocenters. The van der Waals surface area contributed by atoms with Crippen molar-refractivity contribution in [1.29, 1.82) is 0 Å². The highest BCUT2D eigenvalue weighted by Gasteiger charge is 2.23. The van der Waals surface area contributed by atoms with Gasteiger partial charge < -0.3 is 5.73 Å². The number of carbonyl (C=O) groups excluding carboxylic acids is 1. The third-order valence-electron chi connectivity index (χ3n) is 5.02. The van der Waals surface area contributed by atoms with E-state index >= 15 is 0 Å². The molecule has 0 saturated heterocycles. The molecule has 1 amide bonds. The normalized spacial score (nSPS) is 13.2. The summed E-state index contributed by atoms with van der Waals surface area (Å²) in [5, 5.41) is 0.698. The molecule has 2 heterocycles. The molecule has 1 aliphatic carbocycles. The third kappa shape index (κ3) is 3.39. The molecule has 4 rings (SSSR count). The minimum atomic E-state index is -0.399. The summed E-state index contributed by atoms with van der Waals surface area (Å²) in [6, 6.07) is 6.52. The van der Waals surface area contributed by atoms with E-state index in [2.05, 4.69) is 0 Å². The van der Waals surface area contributed by atoms with Gasteiger partial charge in [-0.2, -0.15) is 0 Å². The molecule has 0 fully saturated rings. The van der Waals surface area contributed by atoms with Crippen molar-refractivity contribution in [3.05, 3.63) is 62.3 Å². The zero-order chi connectivity index (χ0) is 19.0. The first-order chi connectivity index (χ1) is 13.0. The highest BCUT2D eigenvalue weighted by atomic mass is 32.1. The van der Waals surface area contributed by atoms with Gasteiger partial charge in [0.05, 0.1) is 5.39 Å². The minimum Gasteiger partial charge on any atom is -0.370 e.